The molecule has 0 radical (unpaired) electrons. The van der Waals surface area contributed by atoms with Gasteiger partial charge in [-0.05, 0) is 48.9 Å². The molecule has 0 aliphatic heterocycles. The fourth-order valence-corrected chi connectivity index (χ4v) is 4.40. The molecule has 0 unspecified atom stereocenters. The maximum Gasteiger partial charge on any atom is 0.264 e. The van der Waals surface area contributed by atoms with Crippen molar-refractivity contribution < 1.29 is 13.2 Å². The Morgan fingerprint density at radius 1 is 1.12 bits per heavy atom. The number of benzene rings is 1. The van der Waals surface area contributed by atoms with E-state index in [4.69, 9.17) is 0 Å². The van der Waals surface area contributed by atoms with Gasteiger partial charge >= 0.3 is 0 Å². The highest BCUT2D eigenvalue weighted by Gasteiger charge is 2.16. The number of amides is 1. The Hall–Kier alpha value is -3.49. The number of anilines is 2. The van der Waals surface area contributed by atoms with Crippen molar-refractivity contribution >= 4 is 39.3 Å². The second-order valence-corrected chi connectivity index (χ2v) is 9.20. The molecular weight excluding hydrogens is 448 g/mol. The van der Waals surface area contributed by atoms with Crippen molar-refractivity contribution in [1.29, 1.82) is 5.26 Å². The molecule has 1 aromatic carbocycles. The number of nitrogens with one attached hydrogen (secondary N) is 2. The van der Waals surface area contributed by atoms with Gasteiger partial charge in [0.1, 0.15) is 11.1 Å². The molecule has 9 nitrogen and oxygen atoms in total. The van der Waals surface area contributed by atoms with Crippen molar-refractivity contribution in [3.05, 3.63) is 66.1 Å². The molecule has 0 spiro atoms. The molecule has 0 fully saturated rings. The summed E-state index contributed by atoms with van der Waals surface area (Å²) in [4.78, 5) is 24.5. The smallest absolute Gasteiger partial charge is 0.264 e. The van der Waals surface area contributed by atoms with E-state index in [1.807, 2.05) is 13.0 Å². The first-order valence-electron chi connectivity index (χ1n) is 9.64. The van der Waals surface area contributed by atoms with Crippen LogP contribution in [0.15, 0.2) is 64.8 Å². The van der Waals surface area contributed by atoms with Gasteiger partial charge in [0.25, 0.3) is 10.0 Å². The summed E-state index contributed by atoms with van der Waals surface area (Å²) in [5.74, 6) is -0.271. The molecule has 2 aromatic heterocycles. The van der Waals surface area contributed by atoms with Crippen LogP contribution in [0.25, 0.3) is 0 Å². The normalized spacial score (nSPS) is 10.9. The molecular formula is C21H20N6O3S2. The van der Waals surface area contributed by atoms with Crippen LogP contribution in [-0.2, 0) is 21.2 Å². The Morgan fingerprint density at radius 3 is 2.50 bits per heavy atom. The Labute approximate surface area is 190 Å². The zero-order valence-electron chi connectivity index (χ0n) is 17.1. The van der Waals surface area contributed by atoms with Crippen molar-refractivity contribution in [3.8, 4) is 6.07 Å². The molecule has 2 N–H and O–H groups in total. The molecule has 32 heavy (non-hydrogen) atoms. The zero-order chi connectivity index (χ0) is 23.0. The predicted octanol–water partition coefficient (Wildman–Crippen LogP) is 3.23. The highest BCUT2D eigenvalue weighted by Crippen LogP contribution is 2.22. The van der Waals surface area contributed by atoms with Gasteiger partial charge in [-0.15, -0.1) is 0 Å². The SMILES string of the molecule is CCCc1ccc(C#N)c(SCC(=O)Nc2ccc(S(=O)(=O)Nc3ncccn3)cc2)n1. The third kappa shape index (κ3) is 6.26. The van der Waals surface area contributed by atoms with Gasteiger partial charge in [0.05, 0.1) is 16.2 Å². The number of nitriles is 1. The van der Waals surface area contributed by atoms with Gasteiger partial charge in [0.15, 0.2) is 0 Å². The van der Waals surface area contributed by atoms with Gasteiger partial charge in [-0.1, -0.05) is 25.1 Å². The second kappa shape index (κ2) is 10.7. The summed E-state index contributed by atoms with van der Waals surface area (Å²) in [6, 6.07) is 12.9. The molecule has 164 valence electrons. The Kier molecular flexibility index (Phi) is 7.75. The van der Waals surface area contributed by atoms with Crippen molar-refractivity contribution in [2.75, 3.05) is 15.8 Å². The van der Waals surface area contributed by atoms with Gasteiger partial charge in [-0.25, -0.2) is 28.1 Å². The van der Waals surface area contributed by atoms with E-state index >= 15 is 0 Å². The third-order valence-corrected chi connectivity index (χ3v) is 6.46. The molecule has 0 bridgehead atoms. The minimum atomic E-state index is -3.85. The quantitative estimate of drug-likeness (QED) is 0.457. The highest BCUT2D eigenvalue weighted by atomic mass is 32.2. The van der Waals surface area contributed by atoms with E-state index in [-0.39, 0.29) is 22.5 Å². The summed E-state index contributed by atoms with van der Waals surface area (Å²) in [6.45, 7) is 2.04. The number of carbonyl (C=O) groups excluding carboxylic acids is 1. The van der Waals surface area contributed by atoms with Crippen molar-refractivity contribution in [3.63, 3.8) is 0 Å². The number of pyridine rings is 1. The fourth-order valence-electron chi connectivity index (χ4n) is 2.65. The summed E-state index contributed by atoms with van der Waals surface area (Å²) < 4.78 is 27.1. The van der Waals surface area contributed by atoms with Crippen LogP contribution in [-0.4, -0.2) is 35.0 Å². The topological polar surface area (TPSA) is 138 Å². The molecule has 1 amide bonds. The first-order valence-corrected chi connectivity index (χ1v) is 12.1. The van der Waals surface area contributed by atoms with Crippen LogP contribution in [0.1, 0.15) is 24.6 Å². The van der Waals surface area contributed by atoms with E-state index in [0.29, 0.717) is 16.3 Å². The average molecular weight is 469 g/mol. The summed E-state index contributed by atoms with van der Waals surface area (Å²) in [7, 11) is -3.85. The molecule has 2 heterocycles. The zero-order valence-corrected chi connectivity index (χ0v) is 18.8. The highest BCUT2D eigenvalue weighted by molar-refractivity contribution is 8.00. The maximum absolute atomic E-state index is 12.4. The van der Waals surface area contributed by atoms with Crippen molar-refractivity contribution in [2.24, 2.45) is 0 Å². The minimum absolute atomic E-state index is 0.00734. The lowest BCUT2D eigenvalue weighted by Crippen LogP contribution is -2.16. The van der Waals surface area contributed by atoms with E-state index in [1.54, 1.807) is 12.1 Å². The van der Waals surface area contributed by atoms with Crippen molar-refractivity contribution in [2.45, 2.75) is 29.7 Å². The van der Waals surface area contributed by atoms with Gasteiger partial charge in [0.2, 0.25) is 11.9 Å². The molecule has 3 aromatic rings. The molecule has 0 saturated carbocycles. The molecule has 3 rings (SSSR count). The van der Waals surface area contributed by atoms with Crippen LogP contribution in [0.5, 0.6) is 0 Å². The number of sulfonamides is 1. The lowest BCUT2D eigenvalue weighted by Gasteiger charge is -2.09. The van der Waals surface area contributed by atoms with E-state index in [1.165, 1.54) is 48.4 Å². The minimum Gasteiger partial charge on any atom is -0.325 e. The molecule has 11 heteroatoms. The van der Waals surface area contributed by atoms with Gasteiger partial charge < -0.3 is 5.32 Å². The predicted molar refractivity (Wildman–Crippen MR) is 122 cm³/mol. The van der Waals surface area contributed by atoms with Crippen LogP contribution < -0.4 is 10.0 Å². The lowest BCUT2D eigenvalue weighted by molar-refractivity contribution is -0.113. The standard InChI is InChI=1S/C21H20N6O3S2/c1-2-4-16-6-5-15(13-22)20(26-16)31-14-19(28)25-17-7-9-18(10-8-17)32(29,30)27-21-23-11-3-12-24-21/h3,5-12H,2,4,14H2,1H3,(H,25,28)(H,23,24,27). The van der Waals surface area contributed by atoms with Crippen LogP contribution in [0, 0.1) is 11.3 Å². The van der Waals surface area contributed by atoms with Crippen LogP contribution in [0.2, 0.25) is 0 Å². The summed E-state index contributed by atoms with van der Waals surface area (Å²) in [5, 5.41) is 12.5. The monoisotopic (exact) mass is 468 g/mol. The summed E-state index contributed by atoms with van der Waals surface area (Å²) in [6.07, 6.45) is 4.59. The number of aryl methyl sites for hydroxylation is 1. The number of nitrogens with zero attached hydrogens (tertiary/aromatic N) is 4. The molecule has 0 atom stereocenters. The summed E-state index contributed by atoms with van der Waals surface area (Å²) >= 11 is 1.18. The number of rotatable bonds is 9. The maximum atomic E-state index is 12.4. The lowest BCUT2D eigenvalue weighted by atomic mass is 10.2. The average Bonchev–Trinajstić information content (AvgIpc) is 2.79. The van der Waals surface area contributed by atoms with Gasteiger partial charge in [-0.2, -0.15) is 5.26 Å². The van der Waals surface area contributed by atoms with Crippen LogP contribution in [0.4, 0.5) is 11.6 Å². The molecule has 0 saturated heterocycles. The van der Waals surface area contributed by atoms with E-state index < -0.39 is 10.0 Å². The number of thioether (sulfide) groups is 1. The van der Waals surface area contributed by atoms with E-state index in [2.05, 4.69) is 31.1 Å². The first kappa shape index (κ1) is 23.2. The van der Waals surface area contributed by atoms with Gasteiger partial charge in [0, 0.05) is 23.8 Å². The number of aromatic nitrogens is 3. The largest absolute Gasteiger partial charge is 0.325 e. The van der Waals surface area contributed by atoms with Crippen LogP contribution in [0.3, 0.4) is 0 Å². The molecule has 0 aliphatic carbocycles. The Balaban J connectivity index is 1.60. The summed E-state index contributed by atoms with van der Waals surface area (Å²) in [5.41, 5.74) is 1.74. The number of hydrogen-bond donors (Lipinski definition) is 2. The fraction of sp³-hybridized carbons (Fsp3) is 0.190. The Bertz CT molecular complexity index is 1230. The van der Waals surface area contributed by atoms with E-state index in [0.717, 1.165) is 18.5 Å². The molecule has 0 aliphatic rings. The number of carbonyl (C=O) groups is 1. The van der Waals surface area contributed by atoms with Gasteiger partial charge in [-0.3, -0.25) is 4.79 Å². The first-order chi connectivity index (χ1) is 15.4. The number of hydrogen-bond acceptors (Lipinski definition) is 8. The second-order valence-electron chi connectivity index (χ2n) is 6.56. The van der Waals surface area contributed by atoms with E-state index in [9.17, 15) is 18.5 Å². The van der Waals surface area contributed by atoms with Crippen LogP contribution >= 0.6 is 11.8 Å². The van der Waals surface area contributed by atoms with Crippen molar-refractivity contribution in [1.82, 2.24) is 15.0 Å². The third-order valence-electron chi connectivity index (χ3n) is 4.12. The Morgan fingerprint density at radius 2 is 1.84 bits per heavy atom.